The van der Waals surface area contributed by atoms with E-state index in [1.54, 1.807) is 11.8 Å². The van der Waals surface area contributed by atoms with Gasteiger partial charge in [0, 0.05) is 16.1 Å². The minimum absolute atomic E-state index is 0.672. The summed E-state index contributed by atoms with van der Waals surface area (Å²) in [5, 5.41) is 12.6. The predicted octanol–water partition coefficient (Wildman–Crippen LogP) is 4.40. The first kappa shape index (κ1) is 14.1. The first-order valence-corrected chi connectivity index (χ1v) is 7.26. The molecule has 2 rings (SSSR count). The van der Waals surface area contributed by atoms with E-state index in [0.717, 1.165) is 27.6 Å². The maximum atomic E-state index is 9.37. The first-order chi connectivity index (χ1) is 9.78. The maximum Gasteiger partial charge on any atom is 0.103 e. The van der Waals surface area contributed by atoms with Crippen LogP contribution >= 0.6 is 11.8 Å². The maximum absolute atomic E-state index is 9.37. The van der Waals surface area contributed by atoms with Gasteiger partial charge in [-0.05, 0) is 36.1 Å². The van der Waals surface area contributed by atoms with Crippen molar-refractivity contribution in [3.05, 3.63) is 53.6 Å². The highest BCUT2D eigenvalue weighted by molar-refractivity contribution is 7.99. The van der Waals surface area contributed by atoms with Crippen LogP contribution in [0.25, 0.3) is 0 Å². The topological polar surface area (TPSA) is 35.8 Å². The third-order valence-electron chi connectivity index (χ3n) is 2.75. The molecule has 0 unspecified atom stereocenters. The molecule has 0 amide bonds. The summed E-state index contributed by atoms with van der Waals surface area (Å²) < 4.78 is 0. The Labute approximate surface area is 123 Å². The third kappa shape index (κ3) is 3.15. The number of rotatable bonds is 4. The summed E-state index contributed by atoms with van der Waals surface area (Å²) in [7, 11) is 0. The lowest BCUT2D eigenvalue weighted by atomic mass is 10.1. The summed E-state index contributed by atoms with van der Waals surface area (Å²) in [6, 6.07) is 15.7. The van der Waals surface area contributed by atoms with E-state index < -0.39 is 0 Å². The van der Waals surface area contributed by atoms with Crippen molar-refractivity contribution in [1.82, 2.24) is 0 Å². The van der Waals surface area contributed by atoms with Crippen LogP contribution in [0.2, 0.25) is 0 Å². The molecule has 2 nitrogen and oxygen atoms in total. The summed E-state index contributed by atoms with van der Waals surface area (Å²) in [5.41, 5.74) is 3.17. The van der Waals surface area contributed by atoms with Crippen LogP contribution in [0.1, 0.15) is 18.1 Å². The predicted molar refractivity (Wildman–Crippen MR) is 85.2 cm³/mol. The lowest BCUT2D eigenvalue weighted by molar-refractivity contribution is 1.34. The van der Waals surface area contributed by atoms with Crippen LogP contribution in [-0.2, 0) is 0 Å². The number of nitrogens with one attached hydrogen (secondary N) is 1. The molecule has 20 heavy (non-hydrogen) atoms. The van der Waals surface area contributed by atoms with Gasteiger partial charge >= 0.3 is 0 Å². The summed E-state index contributed by atoms with van der Waals surface area (Å²) in [6.07, 6.45) is 5.40. The van der Waals surface area contributed by atoms with E-state index in [0.29, 0.717) is 5.56 Å². The van der Waals surface area contributed by atoms with E-state index in [2.05, 4.69) is 24.2 Å². The Balaban J connectivity index is 2.36. The van der Waals surface area contributed by atoms with Crippen molar-refractivity contribution in [2.75, 3.05) is 11.1 Å². The van der Waals surface area contributed by atoms with E-state index in [4.69, 9.17) is 6.42 Å². The largest absolute Gasteiger partial charge is 0.354 e. The van der Waals surface area contributed by atoms with Crippen LogP contribution in [-0.4, -0.2) is 5.75 Å². The van der Waals surface area contributed by atoms with Gasteiger partial charge in [-0.1, -0.05) is 25.0 Å². The van der Waals surface area contributed by atoms with Crippen molar-refractivity contribution >= 4 is 23.1 Å². The molecule has 0 fully saturated rings. The molecule has 0 bridgehead atoms. The van der Waals surface area contributed by atoms with Crippen molar-refractivity contribution in [1.29, 1.82) is 5.26 Å². The van der Waals surface area contributed by atoms with Crippen LogP contribution in [0.15, 0.2) is 47.4 Å². The third-order valence-corrected chi connectivity index (χ3v) is 3.69. The molecule has 2 aromatic rings. The number of thioether (sulfide) groups is 1. The minimum Gasteiger partial charge on any atom is -0.354 e. The number of nitriles is 1. The van der Waals surface area contributed by atoms with E-state index in [9.17, 15) is 5.26 Å². The van der Waals surface area contributed by atoms with Crippen molar-refractivity contribution in [3.8, 4) is 18.4 Å². The monoisotopic (exact) mass is 278 g/mol. The van der Waals surface area contributed by atoms with Gasteiger partial charge in [-0.3, -0.25) is 0 Å². The van der Waals surface area contributed by atoms with Gasteiger partial charge in [0.05, 0.1) is 11.3 Å². The highest BCUT2D eigenvalue weighted by Gasteiger charge is 2.08. The standard InChI is InChI=1S/C17H14N2S/c1-3-13-7-5-8-14(11-13)19-16-9-6-10-17(20-4-2)15(16)12-18/h1,5-11,19H,4H2,2H3. The molecule has 0 aliphatic heterocycles. The van der Waals surface area contributed by atoms with Crippen LogP contribution in [0.4, 0.5) is 11.4 Å². The van der Waals surface area contributed by atoms with Crippen LogP contribution < -0.4 is 5.32 Å². The second kappa shape index (κ2) is 6.70. The molecule has 0 aromatic heterocycles. The van der Waals surface area contributed by atoms with Gasteiger partial charge in [0.25, 0.3) is 0 Å². The quantitative estimate of drug-likeness (QED) is 0.665. The summed E-state index contributed by atoms with van der Waals surface area (Å²) >= 11 is 1.66. The second-order valence-electron chi connectivity index (χ2n) is 4.07. The van der Waals surface area contributed by atoms with Crippen LogP contribution in [0.3, 0.4) is 0 Å². The number of hydrogen-bond acceptors (Lipinski definition) is 3. The van der Waals surface area contributed by atoms with Gasteiger partial charge in [0.15, 0.2) is 0 Å². The Bertz CT molecular complexity index is 693. The zero-order chi connectivity index (χ0) is 14.4. The normalized spacial score (nSPS) is 9.55. The SMILES string of the molecule is C#Cc1cccc(Nc2cccc(SCC)c2C#N)c1. The molecule has 0 radical (unpaired) electrons. The van der Waals surface area contributed by atoms with Crippen molar-refractivity contribution in [3.63, 3.8) is 0 Å². The minimum atomic E-state index is 0.672. The second-order valence-corrected chi connectivity index (χ2v) is 5.38. The van der Waals surface area contributed by atoms with E-state index in [-0.39, 0.29) is 0 Å². The number of terminal acetylenes is 1. The zero-order valence-electron chi connectivity index (χ0n) is 11.2. The van der Waals surface area contributed by atoms with Gasteiger partial charge in [-0.25, -0.2) is 0 Å². The molecule has 0 heterocycles. The zero-order valence-corrected chi connectivity index (χ0v) is 12.0. The highest BCUT2D eigenvalue weighted by Crippen LogP contribution is 2.29. The Morgan fingerprint density at radius 3 is 2.75 bits per heavy atom. The van der Waals surface area contributed by atoms with Gasteiger partial charge in [0.1, 0.15) is 6.07 Å². The van der Waals surface area contributed by atoms with Gasteiger partial charge in [-0.15, -0.1) is 18.2 Å². The molecule has 2 aromatic carbocycles. The molecule has 0 spiro atoms. The van der Waals surface area contributed by atoms with E-state index >= 15 is 0 Å². The number of nitrogens with zero attached hydrogens (tertiary/aromatic N) is 1. The summed E-state index contributed by atoms with van der Waals surface area (Å²) in [6.45, 7) is 2.07. The molecule has 0 saturated heterocycles. The average Bonchev–Trinajstić information content (AvgIpc) is 2.48. The number of anilines is 2. The van der Waals surface area contributed by atoms with Crippen LogP contribution in [0, 0.1) is 23.7 Å². The molecule has 0 aliphatic rings. The Morgan fingerprint density at radius 1 is 1.25 bits per heavy atom. The molecule has 98 valence electrons. The van der Waals surface area contributed by atoms with Crippen molar-refractivity contribution in [2.45, 2.75) is 11.8 Å². The fourth-order valence-electron chi connectivity index (χ4n) is 1.87. The Hall–Kier alpha value is -2.36. The fourth-order valence-corrected chi connectivity index (χ4v) is 2.65. The van der Waals surface area contributed by atoms with Crippen LogP contribution in [0.5, 0.6) is 0 Å². The van der Waals surface area contributed by atoms with Gasteiger partial charge in [-0.2, -0.15) is 5.26 Å². The Kier molecular flexibility index (Phi) is 4.71. The highest BCUT2D eigenvalue weighted by atomic mass is 32.2. The lowest BCUT2D eigenvalue weighted by Gasteiger charge is -2.11. The molecule has 1 N–H and O–H groups in total. The van der Waals surface area contributed by atoms with Crippen molar-refractivity contribution in [2.24, 2.45) is 0 Å². The number of hydrogen-bond donors (Lipinski definition) is 1. The molecule has 3 heteroatoms. The summed E-state index contributed by atoms with van der Waals surface area (Å²) in [5.74, 6) is 3.54. The molecule has 0 saturated carbocycles. The average molecular weight is 278 g/mol. The smallest absolute Gasteiger partial charge is 0.103 e. The fraction of sp³-hybridized carbons (Fsp3) is 0.118. The van der Waals surface area contributed by atoms with E-state index in [1.165, 1.54) is 0 Å². The Morgan fingerprint density at radius 2 is 2.05 bits per heavy atom. The summed E-state index contributed by atoms with van der Waals surface area (Å²) in [4.78, 5) is 0.994. The number of benzene rings is 2. The molecule has 0 aliphatic carbocycles. The van der Waals surface area contributed by atoms with Gasteiger partial charge in [0.2, 0.25) is 0 Å². The molecular formula is C17H14N2S. The molecular weight excluding hydrogens is 264 g/mol. The lowest BCUT2D eigenvalue weighted by Crippen LogP contribution is -1.95. The van der Waals surface area contributed by atoms with Crippen molar-refractivity contribution < 1.29 is 0 Å². The van der Waals surface area contributed by atoms with E-state index in [1.807, 2.05) is 42.5 Å². The van der Waals surface area contributed by atoms with Gasteiger partial charge < -0.3 is 5.32 Å². The first-order valence-electron chi connectivity index (χ1n) is 6.28. The molecule has 0 atom stereocenters.